The van der Waals surface area contributed by atoms with Gasteiger partial charge in [-0.05, 0) is 52.0 Å². The molecule has 0 aliphatic heterocycles. The van der Waals surface area contributed by atoms with Crippen molar-refractivity contribution in [2.75, 3.05) is 5.32 Å². The van der Waals surface area contributed by atoms with Crippen molar-refractivity contribution < 1.29 is 9.21 Å². The Morgan fingerprint density at radius 3 is 2.29 bits per heavy atom. The normalized spacial score (nSPS) is 12.2. The number of nitrogens with one attached hydrogen (secondary N) is 1. The van der Waals surface area contributed by atoms with Crippen LogP contribution in [0.1, 0.15) is 27.7 Å². The lowest BCUT2D eigenvalue weighted by Crippen LogP contribution is -2.53. The Labute approximate surface area is 123 Å². The number of carbonyl (C=O) groups excluding carboxylic acids is 1. The summed E-state index contributed by atoms with van der Waals surface area (Å²) >= 11 is 0. The third kappa shape index (κ3) is 3.11. The lowest BCUT2D eigenvalue weighted by Gasteiger charge is -2.36. The molecule has 0 saturated heterocycles. The maximum atomic E-state index is 12.4. The van der Waals surface area contributed by atoms with Gasteiger partial charge in [0.15, 0.2) is 0 Å². The topological polar surface area (TPSA) is 94.0 Å². The van der Waals surface area contributed by atoms with Gasteiger partial charge in [0.2, 0.25) is 18.2 Å². The Kier molecular flexibility index (Phi) is 3.82. The van der Waals surface area contributed by atoms with Gasteiger partial charge in [-0.2, -0.15) is 0 Å². The number of hydrogen-bond donors (Lipinski definition) is 2. The third-order valence-electron chi connectivity index (χ3n) is 3.93. The summed E-state index contributed by atoms with van der Waals surface area (Å²) in [7, 11) is 0. The number of anilines is 1. The molecule has 1 amide bonds. The number of carbonyl (C=O) groups is 1. The average Bonchev–Trinajstić information content (AvgIpc) is 2.92. The molecule has 0 radical (unpaired) electrons. The predicted octanol–water partition coefficient (Wildman–Crippen LogP) is 2.44. The summed E-state index contributed by atoms with van der Waals surface area (Å²) in [5.41, 5.74) is 6.24. The van der Waals surface area contributed by atoms with E-state index in [0.29, 0.717) is 11.6 Å². The zero-order valence-corrected chi connectivity index (χ0v) is 12.7. The van der Waals surface area contributed by atoms with Crippen LogP contribution in [0.25, 0.3) is 11.5 Å². The molecule has 3 N–H and O–H groups in total. The van der Waals surface area contributed by atoms with Gasteiger partial charge in [0.1, 0.15) is 0 Å². The van der Waals surface area contributed by atoms with Crippen molar-refractivity contribution in [3.8, 4) is 11.5 Å². The van der Waals surface area contributed by atoms with Crippen molar-refractivity contribution in [1.29, 1.82) is 0 Å². The maximum Gasteiger partial charge on any atom is 0.247 e. The van der Waals surface area contributed by atoms with Crippen LogP contribution in [0.15, 0.2) is 35.1 Å². The molecule has 2 aromatic rings. The second-order valence-electron chi connectivity index (χ2n) is 6.12. The van der Waals surface area contributed by atoms with Crippen molar-refractivity contribution in [1.82, 2.24) is 10.2 Å². The van der Waals surface area contributed by atoms with E-state index in [1.165, 1.54) is 6.39 Å². The van der Waals surface area contributed by atoms with Gasteiger partial charge >= 0.3 is 0 Å². The number of rotatable bonds is 4. The zero-order valence-electron chi connectivity index (χ0n) is 12.7. The number of aromatic nitrogens is 2. The van der Waals surface area contributed by atoms with Crippen molar-refractivity contribution in [3.05, 3.63) is 30.7 Å². The first-order valence-electron chi connectivity index (χ1n) is 6.69. The van der Waals surface area contributed by atoms with E-state index in [4.69, 9.17) is 10.2 Å². The first kappa shape index (κ1) is 15.2. The smallest absolute Gasteiger partial charge is 0.247 e. The van der Waals surface area contributed by atoms with E-state index >= 15 is 0 Å². The van der Waals surface area contributed by atoms with Gasteiger partial charge in [-0.25, -0.2) is 0 Å². The Morgan fingerprint density at radius 1 is 1.19 bits per heavy atom. The molecule has 0 bridgehead atoms. The monoisotopic (exact) mass is 288 g/mol. The van der Waals surface area contributed by atoms with Gasteiger partial charge < -0.3 is 15.5 Å². The largest absolute Gasteiger partial charge is 0.423 e. The Morgan fingerprint density at radius 2 is 1.81 bits per heavy atom. The summed E-state index contributed by atoms with van der Waals surface area (Å²) in [5.74, 6) is 0.317. The SMILES string of the molecule is CC(C)(N)C(C)(C)C(=O)Nc1ccc(-c2nnco2)cc1. The minimum absolute atomic E-state index is 0.124. The Hall–Kier alpha value is -2.21. The highest BCUT2D eigenvalue weighted by Gasteiger charge is 2.40. The van der Waals surface area contributed by atoms with Gasteiger partial charge in [0.25, 0.3) is 0 Å². The van der Waals surface area contributed by atoms with E-state index in [-0.39, 0.29) is 5.91 Å². The van der Waals surface area contributed by atoms with Crippen molar-refractivity contribution in [3.63, 3.8) is 0 Å². The maximum absolute atomic E-state index is 12.4. The molecular weight excluding hydrogens is 268 g/mol. The number of nitrogens with zero attached hydrogens (tertiary/aromatic N) is 2. The van der Waals surface area contributed by atoms with Gasteiger partial charge in [-0.1, -0.05) is 0 Å². The van der Waals surface area contributed by atoms with Crippen LogP contribution < -0.4 is 11.1 Å². The van der Waals surface area contributed by atoms with Gasteiger partial charge in [0, 0.05) is 16.8 Å². The highest BCUT2D eigenvalue weighted by molar-refractivity contribution is 5.95. The summed E-state index contributed by atoms with van der Waals surface area (Å²) < 4.78 is 5.11. The zero-order chi connectivity index (χ0) is 15.7. The van der Waals surface area contributed by atoms with Crippen LogP contribution in [0.4, 0.5) is 5.69 Å². The van der Waals surface area contributed by atoms with E-state index in [9.17, 15) is 4.79 Å². The van der Waals surface area contributed by atoms with Crippen LogP contribution in [0.5, 0.6) is 0 Å². The highest BCUT2D eigenvalue weighted by atomic mass is 16.4. The van der Waals surface area contributed by atoms with E-state index in [2.05, 4.69) is 15.5 Å². The van der Waals surface area contributed by atoms with Crippen LogP contribution in [0.2, 0.25) is 0 Å². The third-order valence-corrected chi connectivity index (χ3v) is 3.93. The molecule has 1 aromatic carbocycles. The van der Waals surface area contributed by atoms with Crippen LogP contribution in [-0.4, -0.2) is 21.6 Å². The average molecular weight is 288 g/mol. The number of amides is 1. The molecule has 6 heteroatoms. The van der Waals surface area contributed by atoms with Crippen molar-refractivity contribution in [2.24, 2.45) is 11.1 Å². The molecule has 0 unspecified atom stereocenters. The number of hydrogen-bond acceptors (Lipinski definition) is 5. The quantitative estimate of drug-likeness (QED) is 0.901. The van der Waals surface area contributed by atoms with E-state index in [1.807, 2.05) is 39.8 Å². The summed E-state index contributed by atoms with van der Waals surface area (Å²) in [6.07, 6.45) is 1.27. The van der Waals surface area contributed by atoms with Gasteiger partial charge in [0.05, 0.1) is 5.41 Å². The molecule has 6 nitrogen and oxygen atoms in total. The summed E-state index contributed by atoms with van der Waals surface area (Å²) in [5, 5.41) is 10.3. The van der Waals surface area contributed by atoms with E-state index < -0.39 is 11.0 Å². The molecular formula is C15H20N4O2. The fourth-order valence-corrected chi connectivity index (χ4v) is 1.57. The molecule has 0 spiro atoms. The molecule has 112 valence electrons. The minimum atomic E-state index is -0.696. The molecule has 2 rings (SSSR count). The number of nitrogens with two attached hydrogens (primary N) is 1. The van der Waals surface area contributed by atoms with Crippen molar-refractivity contribution in [2.45, 2.75) is 33.2 Å². The lowest BCUT2D eigenvalue weighted by molar-refractivity contribution is -0.126. The molecule has 1 heterocycles. The molecule has 0 atom stereocenters. The second kappa shape index (κ2) is 5.29. The van der Waals surface area contributed by atoms with Crippen LogP contribution in [0.3, 0.4) is 0 Å². The van der Waals surface area contributed by atoms with Gasteiger partial charge in [-0.15, -0.1) is 10.2 Å². The highest BCUT2D eigenvalue weighted by Crippen LogP contribution is 2.30. The molecule has 1 aromatic heterocycles. The minimum Gasteiger partial charge on any atom is -0.423 e. The van der Waals surface area contributed by atoms with E-state index in [0.717, 1.165) is 5.56 Å². The second-order valence-corrected chi connectivity index (χ2v) is 6.12. The molecule has 0 aliphatic carbocycles. The molecule has 0 saturated carbocycles. The fourth-order valence-electron chi connectivity index (χ4n) is 1.57. The van der Waals surface area contributed by atoms with E-state index in [1.54, 1.807) is 12.1 Å². The number of benzene rings is 1. The summed E-state index contributed by atoms with van der Waals surface area (Å²) in [6.45, 7) is 7.33. The van der Waals surface area contributed by atoms with Crippen LogP contribution in [-0.2, 0) is 4.79 Å². The standard InChI is InChI=1S/C15H20N4O2/c1-14(2,15(3,4)16)13(20)18-11-7-5-10(6-8-11)12-19-17-9-21-12/h5-9H,16H2,1-4H3,(H,18,20). The van der Waals surface area contributed by atoms with Crippen LogP contribution >= 0.6 is 0 Å². The fraction of sp³-hybridized carbons (Fsp3) is 0.400. The Bertz CT molecular complexity index is 610. The van der Waals surface area contributed by atoms with Crippen LogP contribution in [0, 0.1) is 5.41 Å². The lowest BCUT2D eigenvalue weighted by atomic mass is 9.74. The summed E-state index contributed by atoms with van der Waals surface area (Å²) in [6, 6.07) is 7.20. The van der Waals surface area contributed by atoms with Gasteiger partial charge in [-0.3, -0.25) is 4.79 Å². The molecule has 0 aliphatic rings. The molecule has 21 heavy (non-hydrogen) atoms. The Balaban J connectivity index is 2.12. The predicted molar refractivity (Wildman–Crippen MR) is 80.4 cm³/mol. The first-order valence-corrected chi connectivity index (χ1v) is 6.69. The van der Waals surface area contributed by atoms with Crippen molar-refractivity contribution >= 4 is 11.6 Å². The molecule has 0 fully saturated rings. The first-order chi connectivity index (χ1) is 9.72. The summed E-state index contributed by atoms with van der Waals surface area (Å²) in [4.78, 5) is 12.4.